The van der Waals surface area contributed by atoms with E-state index in [1.54, 1.807) is 13.2 Å². The highest BCUT2D eigenvalue weighted by Crippen LogP contribution is 2.34. The molecule has 37 heavy (non-hydrogen) atoms. The summed E-state index contributed by atoms with van der Waals surface area (Å²) in [5.74, 6) is 0.179. The first-order valence-electron chi connectivity index (χ1n) is 11.8. The second-order valence-electron chi connectivity index (χ2n) is 8.55. The third kappa shape index (κ3) is 5.86. The molecule has 12 heteroatoms. The highest BCUT2D eigenvalue weighted by Gasteiger charge is 2.21. The molecule has 194 valence electrons. The fourth-order valence-electron chi connectivity index (χ4n) is 3.97. The van der Waals surface area contributed by atoms with Gasteiger partial charge in [0.2, 0.25) is 5.88 Å². The van der Waals surface area contributed by atoms with Gasteiger partial charge in [-0.3, -0.25) is 14.9 Å². The lowest BCUT2D eigenvalue weighted by molar-refractivity contribution is -0.384. The van der Waals surface area contributed by atoms with E-state index >= 15 is 0 Å². The second kappa shape index (κ2) is 11.1. The molecule has 0 bridgehead atoms. The van der Waals surface area contributed by atoms with E-state index in [1.165, 1.54) is 18.2 Å². The summed E-state index contributed by atoms with van der Waals surface area (Å²) >= 11 is 0. The minimum atomic E-state index is -0.764. The molecule has 0 aliphatic carbocycles. The van der Waals surface area contributed by atoms with E-state index in [2.05, 4.69) is 32.1 Å². The molecule has 1 aliphatic rings. The van der Waals surface area contributed by atoms with Crippen molar-refractivity contribution in [3.05, 3.63) is 64.0 Å². The SMILES string of the molecule is CCc1nc(C(N)=O)c(Nc2ccc(N3CCN(C)CC3)cc2OC)nc1Oc1cccc([N+](=O)[O-])c1. The minimum Gasteiger partial charge on any atom is -0.494 e. The molecule has 0 unspecified atom stereocenters. The third-order valence-corrected chi connectivity index (χ3v) is 6.05. The van der Waals surface area contributed by atoms with Crippen LogP contribution in [-0.4, -0.2) is 66.0 Å². The van der Waals surface area contributed by atoms with Gasteiger partial charge in [0.15, 0.2) is 11.5 Å². The Balaban J connectivity index is 1.67. The zero-order chi connectivity index (χ0) is 26.5. The van der Waals surface area contributed by atoms with Gasteiger partial charge < -0.3 is 30.3 Å². The predicted octanol–water partition coefficient (Wildman–Crippen LogP) is 3.34. The summed E-state index contributed by atoms with van der Waals surface area (Å²) < 4.78 is 11.5. The van der Waals surface area contributed by atoms with Gasteiger partial charge in [-0.1, -0.05) is 13.0 Å². The summed E-state index contributed by atoms with van der Waals surface area (Å²) in [6, 6.07) is 11.5. The topological polar surface area (TPSA) is 149 Å². The summed E-state index contributed by atoms with van der Waals surface area (Å²) in [7, 11) is 3.66. The fraction of sp³-hybridized carbons (Fsp3) is 0.320. The van der Waals surface area contributed by atoms with Crippen LogP contribution in [0, 0.1) is 10.1 Å². The molecule has 4 rings (SSSR count). The van der Waals surface area contributed by atoms with Crippen LogP contribution in [0.4, 0.5) is 22.9 Å². The number of carbonyl (C=O) groups is 1. The molecule has 1 aromatic heterocycles. The normalized spacial score (nSPS) is 13.8. The van der Waals surface area contributed by atoms with E-state index in [1.807, 2.05) is 25.1 Å². The highest BCUT2D eigenvalue weighted by molar-refractivity contribution is 5.96. The molecule has 0 spiro atoms. The van der Waals surface area contributed by atoms with Crippen molar-refractivity contribution >= 4 is 28.8 Å². The first kappa shape index (κ1) is 25.6. The number of primary amides is 1. The van der Waals surface area contributed by atoms with Crippen LogP contribution in [0.1, 0.15) is 23.1 Å². The van der Waals surface area contributed by atoms with Crippen LogP contribution in [0.5, 0.6) is 17.4 Å². The Morgan fingerprint density at radius 3 is 2.57 bits per heavy atom. The Labute approximate surface area is 214 Å². The van der Waals surface area contributed by atoms with Crippen LogP contribution in [0.25, 0.3) is 0 Å². The summed E-state index contributed by atoms with van der Waals surface area (Å²) in [6.07, 6.45) is 0.390. The number of carbonyl (C=O) groups excluding carboxylic acids is 1. The van der Waals surface area contributed by atoms with E-state index in [0.717, 1.165) is 31.9 Å². The lowest BCUT2D eigenvalue weighted by Gasteiger charge is -2.34. The molecule has 1 aliphatic heterocycles. The van der Waals surface area contributed by atoms with E-state index in [9.17, 15) is 14.9 Å². The Morgan fingerprint density at radius 2 is 1.92 bits per heavy atom. The second-order valence-corrected chi connectivity index (χ2v) is 8.55. The average molecular weight is 508 g/mol. The number of anilines is 3. The van der Waals surface area contributed by atoms with Gasteiger partial charge in [0.1, 0.15) is 17.2 Å². The standard InChI is InChI=1S/C25H29N7O5/c1-4-19-25(37-18-7-5-6-17(14-18)32(34)35)29-24(22(27-19)23(26)33)28-20-9-8-16(15-21(20)36-3)31-12-10-30(2)11-13-31/h5-9,14-15H,4,10-13H2,1-3H3,(H2,26,33)(H,28,29). The predicted molar refractivity (Wildman–Crippen MR) is 139 cm³/mol. The lowest BCUT2D eigenvalue weighted by atomic mass is 10.2. The maximum Gasteiger partial charge on any atom is 0.273 e. The van der Waals surface area contributed by atoms with E-state index in [-0.39, 0.29) is 28.8 Å². The number of ether oxygens (including phenoxy) is 2. The zero-order valence-corrected chi connectivity index (χ0v) is 20.9. The Morgan fingerprint density at radius 1 is 1.16 bits per heavy atom. The zero-order valence-electron chi connectivity index (χ0n) is 20.9. The third-order valence-electron chi connectivity index (χ3n) is 6.05. The molecule has 0 saturated carbocycles. The van der Waals surface area contributed by atoms with Crippen molar-refractivity contribution < 1.29 is 19.2 Å². The van der Waals surface area contributed by atoms with Crippen molar-refractivity contribution in [1.29, 1.82) is 0 Å². The number of nitro groups is 1. The minimum absolute atomic E-state index is 0.0616. The van der Waals surface area contributed by atoms with Crippen molar-refractivity contribution in [1.82, 2.24) is 14.9 Å². The van der Waals surface area contributed by atoms with Gasteiger partial charge in [-0.2, -0.15) is 4.98 Å². The molecule has 2 heterocycles. The average Bonchev–Trinajstić information content (AvgIpc) is 2.89. The maximum atomic E-state index is 12.2. The molecular weight excluding hydrogens is 478 g/mol. The number of amides is 1. The van der Waals surface area contributed by atoms with Gasteiger partial charge in [-0.05, 0) is 31.7 Å². The number of aryl methyl sites for hydroxylation is 1. The number of piperazine rings is 1. The number of methoxy groups -OCH3 is 1. The molecule has 1 amide bonds. The first-order valence-corrected chi connectivity index (χ1v) is 11.8. The van der Waals surface area contributed by atoms with Crippen LogP contribution in [0.2, 0.25) is 0 Å². The van der Waals surface area contributed by atoms with Crippen molar-refractivity contribution in [2.45, 2.75) is 13.3 Å². The van der Waals surface area contributed by atoms with Gasteiger partial charge in [0, 0.05) is 44.0 Å². The van der Waals surface area contributed by atoms with Crippen LogP contribution in [0.3, 0.4) is 0 Å². The van der Waals surface area contributed by atoms with E-state index < -0.39 is 10.8 Å². The van der Waals surface area contributed by atoms with Gasteiger partial charge in [-0.15, -0.1) is 0 Å². The van der Waals surface area contributed by atoms with Gasteiger partial charge in [-0.25, -0.2) is 4.98 Å². The number of non-ortho nitro benzene ring substituents is 1. The monoisotopic (exact) mass is 507 g/mol. The van der Waals surface area contributed by atoms with Crippen molar-refractivity contribution in [2.24, 2.45) is 5.73 Å². The molecule has 12 nitrogen and oxygen atoms in total. The first-order chi connectivity index (χ1) is 17.8. The van der Waals surface area contributed by atoms with Gasteiger partial charge in [0.25, 0.3) is 11.6 Å². The molecule has 0 radical (unpaired) electrons. The maximum absolute atomic E-state index is 12.2. The van der Waals surface area contributed by atoms with Crippen molar-refractivity contribution in [3.8, 4) is 17.4 Å². The summed E-state index contributed by atoms with van der Waals surface area (Å²) in [5, 5.41) is 14.3. The highest BCUT2D eigenvalue weighted by atomic mass is 16.6. The van der Waals surface area contributed by atoms with Crippen LogP contribution in [-0.2, 0) is 6.42 Å². The molecule has 3 N–H and O–H groups in total. The Hall–Kier alpha value is -4.45. The van der Waals surface area contributed by atoms with Crippen molar-refractivity contribution in [2.75, 3.05) is 50.6 Å². The van der Waals surface area contributed by atoms with E-state index in [0.29, 0.717) is 23.6 Å². The number of benzene rings is 2. The molecule has 0 atom stereocenters. The fourth-order valence-corrected chi connectivity index (χ4v) is 3.97. The smallest absolute Gasteiger partial charge is 0.273 e. The largest absolute Gasteiger partial charge is 0.494 e. The molecule has 2 aromatic carbocycles. The van der Waals surface area contributed by atoms with Crippen LogP contribution < -0.4 is 25.4 Å². The molecule has 3 aromatic rings. The number of hydrogen-bond donors (Lipinski definition) is 2. The van der Waals surface area contributed by atoms with E-state index in [4.69, 9.17) is 15.2 Å². The number of nitrogens with one attached hydrogen (secondary N) is 1. The number of aromatic nitrogens is 2. The number of hydrogen-bond acceptors (Lipinski definition) is 10. The quantitative estimate of drug-likeness (QED) is 0.326. The van der Waals surface area contributed by atoms with Gasteiger partial charge in [0.05, 0.1) is 23.8 Å². The summed E-state index contributed by atoms with van der Waals surface area (Å²) in [4.78, 5) is 36.3. The Bertz CT molecular complexity index is 1310. The summed E-state index contributed by atoms with van der Waals surface area (Å²) in [6.45, 7) is 5.57. The van der Waals surface area contributed by atoms with Crippen molar-refractivity contribution in [3.63, 3.8) is 0 Å². The number of nitrogens with zero attached hydrogens (tertiary/aromatic N) is 5. The number of likely N-dealkylation sites (N-methyl/N-ethyl adjacent to an activating group) is 1. The van der Waals surface area contributed by atoms with Crippen LogP contribution in [0.15, 0.2) is 42.5 Å². The Kier molecular flexibility index (Phi) is 7.68. The van der Waals surface area contributed by atoms with Gasteiger partial charge >= 0.3 is 0 Å². The molecule has 1 saturated heterocycles. The summed E-state index contributed by atoms with van der Waals surface area (Å²) in [5.41, 5.74) is 7.38. The molecule has 1 fully saturated rings. The number of nitrogens with two attached hydrogens (primary N) is 1. The number of nitro benzene ring substituents is 1. The lowest BCUT2D eigenvalue weighted by Crippen LogP contribution is -2.44. The van der Waals surface area contributed by atoms with Crippen LogP contribution >= 0.6 is 0 Å². The molecular formula is C25H29N7O5. The number of rotatable bonds is 9.